The Bertz CT molecular complexity index is 857. The van der Waals surface area contributed by atoms with Crippen molar-refractivity contribution in [3.05, 3.63) is 35.1 Å². The second-order valence-corrected chi connectivity index (χ2v) is 9.01. The molecule has 1 unspecified atom stereocenters. The van der Waals surface area contributed by atoms with Gasteiger partial charge in [-0.3, -0.25) is 14.2 Å². The van der Waals surface area contributed by atoms with Gasteiger partial charge in [0, 0.05) is 11.1 Å². The SMILES string of the molecule is Cc1ccc(-n2cnnc2SCC(=O)OCC(=O)NC(C)CCCC(C)C)cc1Cl. The first-order chi connectivity index (χ1) is 14.3. The molecular formula is C21H29ClN4O3S. The quantitative estimate of drug-likeness (QED) is 0.406. The molecule has 164 valence electrons. The molecule has 1 amide bonds. The van der Waals surface area contributed by atoms with Crippen LogP contribution in [-0.2, 0) is 14.3 Å². The summed E-state index contributed by atoms with van der Waals surface area (Å²) in [5.41, 5.74) is 1.77. The van der Waals surface area contributed by atoms with E-state index in [0.29, 0.717) is 16.1 Å². The van der Waals surface area contributed by atoms with Crippen LogP contribution in [0.25, 0.3) is 5.69 Å². The summed E-state index contributed by atoms with van der Waals surface area (Å²) in [7, 11) is 0. The van der Waals surface area contributed by atoms with Crippen molar-refractivity contribution in [3.8, 4) is 5.69 Å². The number of carbonyl (C=O) groups is 2. The zero-order valence-electron chi connectivity index (χ0n) is 17.9. The Morgan fingerprint density at radius 3 is 2.73 bits per heavy atom. The lowest BCUT2D eigenvalue weighted by atomic mass is 10.0. The molecule has 9 heteroatoms. The first-order valence-electron chi connectivity index (χ1n) is 10.0. The van der Waals surface area contributed by atoms with Gasteiger partial charge in [0.1, 0.15) is 6.33 Å². The van der Waals surface area contributed by atoms with E-state index >= 15 is 0 Å². The van der Waals surface area contributed by atoms with Crippen LogP contribution in [0.4, 0.5) is 0 Å². The third-order valence-corrected chi connectivity index (χ3v) is 5.78. The largest absolute Gasteiger partial charge is 0.455 e. The van der Waals surface area contributed by atoms with E-state index in [9.17, 15) is 9.59 Å². The number of halogens is 1. The monoisotopic (exact) mass is 452 g/mol. The number of nitrogens with one attached hydrogen (secondary N) is 1. The highest BCUT2D eigenvalue weighted by Gasteiger charge is 2.14. The molecule has 1 aromatic heterocycles. The number of ether oxygens (including phenoxy) is 1. The fourth-order valence-corrected chi connectivity index (χ4v) is 3.67. The fraction of sp³-hybridized carbons (Fsp3) is 0.524. The maximum Gasteiger partial charge on any atom is 0.316 e. The first kappa shape index (κ1) is 24.2. The molecule has 0 aliphatic heterocycles. The highest BCUT2D eigenvalue weighted by atomic mass is 35.5. The van der Waals surface area contributed by atoms with Crippen LogP contribution < -0.4 is 5.32 Å². The van der Waals surface area contributed by atoms with Crippen molar-refractivity contribution in [3.63, 3.8) is 0 Å². The van der Waals surface area contributed by atoms with Crippen molar-refractivity contribution in [2.45, 2.75) is 58.2 Å². The van der Waals surface area contributed by atoms with Gasteiger partial charge in [0.05, 0.1) is 11.4 Å². The van der Waals surface area contributed by atoms with Gasteiger partial charge in [0.15, 0.2) is 11.8 Å². The summed E-state index contributed by atoms with van der Waals surface area (Å²) in [6.45, 7) is 7.96. The Morgan fingerprint density at radius 1 is 1.27 bits per heavy atom. The molecule has 1 N–H and O–H groups in total. The number of thioether (sulfide) groups is 1. The molecule has 0 radical (unpaired) electrons. The van der Waals surface area contributed by atoms with Gasteiger partial charge in [0.2, 0.25) is 0 Å². The lowest BCUT2D eigenvalue weighted by Gasteiger charge is -2.14. The van der Waals surface area contributed by atoms with Crippen molar-refractivity contribution in [1.82, 2.24) is 20.1 Å². The molecule has 30 heavy (non-hydrogen) atoms. The van der Waals surface area contributed by atoms with E-state index in [-0.39, 0.29) is 24.3 Å². The van der Waals surface area contributed by atoms with E-state index in [1.54, 1.807) is 10.9 Å². The minimum atomic E-state index is -0.487. The van der Waals surface area contributed by atoms with Crippen LogP contribution in [0, 0.1) is 12.8 Å². The molecule has 7 nitrogen and oxygen atoms in total. The highest BCUT2D eigenvalue weighted by Crippen LogP contribution is 2.23. The summed E-state index contributed by atoms with van der Waals surface area (Å²) in [5, 5.41) is 12.0. The summed E-state index contributed by atoms with van der Waals surface area (Å²) < 4.78 is 6.82. The lowest BCUT2D eigenvalue weighted by Crippen LogP contribution is -2.36. The Morgan fingerprint density at radius 2 is 2.03 bits per heavy atom. The molecule has 2 aromatic rings. The van der Waals surface area contributed by atoms with Crippen LogP contribution in [0.15, 0.2) is 29.7 Å². The smallest absolute Gasteiger partial charge is 0.316 e. The van der Waals surface area contributed by atoms with E-state index < -0.39 is 5.97 Å². The van der Waals surface area contributed by atoms with Gasteiger partial charge in [0.25, 0.3) is 5.91 Å². The maximum atomic E-state index is 12.0. The summed E-state index contributed by atoms with van der Waals surface area (Å²) in [4.78, 5) is 24.0. The summed E-state index contributed by atoms with van der Waals surface area (Å²) in [6.07, 6.45) is 4.66. The number of hydrogen-bond acceptors (Lipinski definition) is 6. The molecule has 1 aromatic carbocycles. The molecule has 1 atom stereocenters. The summed E-state index contributed by atoms with van der Waals surface area (Å²) in [5.74, 6) is -0.0997. The van der Waals surface area contributed by atoms with Crippen molar-refractivity contribution in [1.29, 1.82) is 0 Å². The summed E-state index contributed by atoms with van der Waals surface area (Å²) in [6, 6.07) is 5.68. The number of rotatable bonds is 11. The van der Waals surface area contributed by atoms with E-state index in [4.69, 9.17) is 16.3 Å². The normalized spacial score (nSPS) is 12.1. The van der Waals surface area contributed by atoms with Crippen LogP contribution >= 0.6 is 23.4 Å². The van der Waals surface area contributed by atoms with Gasteiger partial charge in [-0.25, -0.2) is 0 Å². The minimum Gasteiger partial charge on any atom is -0.455 e. The van der Waals surface area contributed by atoms with Crippen LogP contribution in [0.5, 0.6) is 0 Å². The molecule has 0 aliphatic rings. The van der Waals surface area contributed by atoms with Gasteiger partial charge in [-0.2, -0.15) is 0 Å². The molecule has 0 bridgehead atoms. The average Bonchev–Trinajstić information content (AvgIpc) is 3.15. The van der Waals surface area contributed by atoms with Crippen LogP contribution in [0.1, 0.15) is 45.6 Å². The standard InChI is InChI=1S/C21H29ClN4O3S/c1-14(2)6-5-7-16(4)24-19(27)11-29-20(28)12-30-21-25-23-13-26(21)17-9-8-15(3)18(22)10-17/h8-10,13-14,16H,5-7,11-12H2,1-4H3,(H,24,27). The molecule has 0 saturated heterocycles. The second-order valence-electron chi connectivity index (χ2n) is 7.66. The zero-order valence-corrected chi connectivity index (χ0v) is 19.4. The van der Waals surface area contributed by atoms with Gasteiger partial charge in [-0.1, -0.05) is 56.1 Å². The molecule has 2 rings (SSSR count). The highest BCUT2D eigenvalue weighted by molar-refractivity contribution is 7.99. The topological polar surface area (TPSA) is 86.1 Å². The van der Waals surface area contributed by atoms with Crippen molar-refractivity contribution < 1.29 is 14.3 Å². The number of carbonyl (C=O) groups excluding carboxylic acids is 2. The van der Waals surface area contributed by atoms with Crippen LogP contribution in [0.2, 0.25) is 5.02 Å². The van der Waals surface area contributed by atoms with Crippen LogP contribution in [-0.4, -0.2) is 45.0 Å². The van der Waals surface area contributed by atoms with Crippen molar-refractivity contribution in [2.24, 2.45) is 5.92 Å². The number of amides is 1. The molecule has 0 aliphatic carbocycles. The third-order valence-electron chi connectivity index (χ3n) is 4.46. The van der Waals surface area contributed by atoms with E-state index in [1.807, 2.05) is 32.0 Å². The van der Waals surface area contributed by atoms with Gasteiger partial charge < -0.3 is 10.1 Å². The number of nitrogens with zero attached hydrogens (tertiary/aromatic N) is 3. The second kappa shape index (κ2) is 12.0. The van der Waals surface area contributed by atoms with Gasteiger partial charge in [-0.05, 0) is 43.9 Å². The number of benzene rings is 1. The van der Waals surface area contributed by atoms with Gasteiger partial charge in [-0.15, -0.1) is 10.2 Å². The van der Waals surface area contributed by atoms with E-state index in [1.165, 1.54) is 11.8 Å². The van der Waals surface area contributed by atoms with Crippen LogP contribution in [0.3, 0.4) is 0 Å². The number of aromatic nitrogens is 3. The lowest BCUT2D eigenvalue weighted by molar-refractivity contribution is -0.146. The number of esters is 1. The third kappa shape index (κ3) is 7.99. The Hall–Kier alpha value is -2.06. The maximum absolute atomic E-state index is 12.0. The Labute approximate surface area is 186 Å². The van der Waals surface area contributed by atoms with Gasteiger partial charge >= 0.3 is 5.97 Å². The van der Waals surface area contributed by atoms with Crippen molar-refractivity contribution in [2.75, 3.05) is 12.4 Å². The fourth-order valence-electron chi connectivity index (χ4n) is 2.76. The number of hydrogen-bond donors (Lipinski definition) is 1. The predicted octanol–water partition coefficient (Wildman–Crippen LogP) is 4.20. The first-order valence-corrected chi connectivity index (χ1v) is 11.4. The van der Waals surface area contributed by atoms with Crippen molar-refractivity contribution >= 4 is 35.2 Å². The predicted molar refractivity (Wildman–Crippen MR) is 119 cm³/mol. The number of aryl methyl sites for hydroxylation is 1. The Balaban J connectivity index is 1.76. The average molecular weight is 453 g/mol. The summed E-state index contributed by atoms with van der Waals surface area (Å²) >= 11 is 7.37. The molecule has 0 spiro atoms. The molecular weight excluding hydrogens is 424 g/mol. The molecule has 0 saturated carbocycles. The Kier molecular flexibility index (Phi) is 9.65. The minimum absolute atomic E-state index is 0.0233. The van der Waals surface area contributed by atoms with E-state index in [2.05, 4.69) is 29.4 Å². The molecule has 0 fully saturated rings. The zero-order chi connectivity index (χ0) is 22.1. The molecule has 1 heterocycles. The van der Waals surface area contributed by atoms with E-state index in [0.717, 1.165) is 30.5 Å².